The molecule has 0 aliphatic rings. The number of hydrogen-bond donors (Lipinski definition) is 1. The first-order valence-electron chi connectivity index (χ1n) is 8.94. The Morgan fingerprint density at radius 2 is 1.48 bits per heavy atom. The molecule has 29 heavy (non-hydrogen) atoms. The van der Waals surface area contributed by atoms with Crippen LogP contribution < -0.4 is 9.47 Å². The second-order valence-corrected chi connectivity index (χ2v) is 7.21. The minimum absolute atomic E-state index is 0.631. The van der Waals surface area contributed by atoms with Crippen molar-refractivity contribution in [1.29, 1.82) is 0 Å². The van der Waals surface area contributed by atoms with Crippen LogP contribution in [0.15, 0.2) is 66.7 Å². The third-order valence-corrected chi connectivity index (χ3v) is 5.20. The zero-order valence-electron chi connectivity index (χ0n) is 15.9. The molecule has 6 heteroatoms. The molecule has 0 saturated carbocycles. The van der Waals surface area contributed by atoms with Crippen LogP contribution in [0, 0.1) is 0 Å². The van der Waals surface area contributed by atoms with Crippen LogP contribution in [-0.4, -0.2) is 24.2 Å². The zero-order valence-corrected chi connectivity index (χ0v) is 17.4. The normalized spacial score (nSPS) is 10.8. The Balaban J connectivity index is 1.92. The lowest BCUT2D eigenvalue weighted by Gasteiger charge is -2.10. The summed E-state index contributed by atoms with van der Waals surface area (Å²) in [5.41, 5.74) is 4.27. The fraction of sp³-hybridized carbons (Fsp3) is 0.0870. The van der Waals surface area contributed by atoms with E-state index in [1.165, 1.54) is 0 Å². The molecule has 0 unspecified atom stereocenters. The number of H-pyrrole nitrogens is 1. The van der Waals surface area contributed by atoms with Crippen LogP contribution in [0.5, 0.6) is 11.5 Å². The molecule has 1 aromatic heterocycles. The molecule has 0 saturated heterocycles. The monoisotopic (exact) mass is 424 g/mol. The molecular weight excluding hydrogens is 407 g/mol. The van der Waals surface area contributed by atoms with Crippen molar-refractivity contribution in [2.45, 2.75) is 0 Å². The first-order chi connectivity index (χ1) is 14.1. The molecule has 0 aliphatic heterocycles. The van der Waals surface area contributed by atoms with Crippen LogP contribution in [0.4, 0.5) is 0 Å². The molecule has 4 nitrogen and oxygen atoms in total. The topological polar surface area (TPSA) is 47.1 Å². The molecule has 0 aliphatic carbocycles. The molecule has 4 rings (SSSR count). The van der Waals surface area contributed by atoms with E-state index in [4.69, 9.17) is 37.7 Å². The van der Waals surface area contributed by atoms with Gasteiger partial charge in [0, 0.05) is 26.7 Å². The fourth-order valence-corrected chi connectivity index (χ4v) is 3.53. The molecule has 4 aromatic rings. The van der Waals surface area contributed by atoms with Crippen molar-refractivity contribution in [2.75, 3.05) is 14.2 Å². The highest BCUT2D eigenvalue weighted by Gasteiger charge is 2.18. The van der Waals surface area contributed by atoms with Crippen molar-refractivity contribution in [1.82, 2.24) is 9.97 Å². The summed E-state index contributed by atoms with van der Waals surface area (Å²) >= 11 is 12.5. The summed E-state index contributed by atoms with van der Waals surface area (Å²) in [5.74, 6) is 2.01. The Kier molecular flexibility index (Phi) is 5.47. The number of aromatic amines is 1. The Labute approximate surface area is 179 Å². The number of imidazole rings is 1. The van der Waals surface area contributed by atoms with Crippen molar-refractivity contribution in [3.05, 3.63) is 76.8 Å². The Bertz CT molecular complexity index is 1150. The van der Waals surface area contributed by atoms with E-state index in [2.05, 4.69) is 4.98 Å². The summed E-state index contributed by atoms with van der Waals surface area (Å²) in [6, 6.07) is 20.9. The van der Waals surface area contributed by atoms with Crippen LogP contribution in [0.25, 0.3) is 33.9 Å². The Morgan fingerprint density at radius 1 is 0.793 bits per heavy atom. The van der Waals surface area contributed by atoms with Crippen molar-refractivity contribution in [3.8, 4) is 45.4 Å². The lowest BCUT2D eigenvalue weighted by Crippen LogP contribution is -1.92. The molecule has 0 atom stereocenters. The Hall–Kier alpha value is -2.95. The van der Waals surface area contributed by atoms with E-state index in [1.807, 2.05) is 66.7 Å². The van der Waals surface area contributed by atoms with E-state index in [0.29, 0.717) is 21.5 Å². The second kappa shape index (κ2) is 8.19. The van der Waals surface area contributed by atoms with Crippen molar-refractivity contribution >= 4 is 23.2 Å². The highest BCUT2D eigenvalue weighted by Crippen LogP contribution is 2.39. The molecular formula is C23H18Cl2N2O2. The van der Waals surface area contributed by atoms with E-state index in [0.717, 1.165) is 33.9 Å². The quantitative estimate of drug-likeness (QED) is 0.386. The van der Waals surface area contributed by atoms with E-state index in [9.17, 15) is 0 Å². The SMILES string of the molecule is COc1ccc(-c2nc(-c3ccc(Cl)cc3)[nH]c2-c2ccccc2Cl)cc1OC. The van der Waals surface area contributed by atoms with Gasteiger partial charge in [-0.1, -0.05) is 41.4 Å². The van der Waals surface area contributed by atoms with Crippen molar-refractivity contribution < 1.29 is 9.47 Å². The van der Waals surface area contributed by atoms with E-state index < -0.39 is 0 Å². The summed E-state index contributed by atoms with van der Waals surface area (Å²) in [6.45, 7) is 0. The van der Waals surface area contributed by atoms with Crippen molar-refractivity contribution in [2.24, 2.45) is 0 Å². The molecule has 146 valence electrons. The highest BCUT2D eigenvalue weighted by molar-refractivity contribution is 6.33. The number of ether oxygens (including phenoxy) is 2. The third-order valence-electron chi connectivity index (χ3n) is 4.62. The molecule has 0 fully saturated rings. The molecule has 1 heterocycles. The molecule has 3 aromatic carbocycles. The maximum Gasteiger partial charge on any atom is 0.161 e. The average Bonchev–Trinajstić information content (AvgIpc) is 3.19. The lowest BCUT2D eigenvalue weighted by atomic mass is 10.0. The lowest BCUT2D eigenvalue weighted by molar-refractivity contribution is 0.355. The first kappa shape index (κ1) is 19.4. The number of nitrogens with zero attached hydrogens (tertiary/aromatic N) is 1. The molecule has 0 radical (unpaired) electrons. The van der Waals surface area contributed by atoms with Gasteiger partial charge in [0.25, 0.3) is 0 Å². The predicted octanol–water partition coefficient (Wildman–Crippen LogP) is 6.73. The van der Waals surface area contributed by atoms with Gasteiger partial charge in [0.1, 0.15) is 5.82 Å². The maximum atomic E-state index is 6.49. The number of halogens is 2. The van der Waals surface area contributed by atoms with Gasteiger partial charge in [0.15, 0.2) is 11.5 Å². The average molecular weight is 425 g/mol. The smallest absolute Gasteiger partial charge is 0.161 e. The van der Waals surface area contributed by atoms with E-state index in [1.54, 1.807) is 14.2 Å². The highest BCUT2D eigenvalue weighted by atomic mass is 35.5. The largest absolute Gasteiger partial charge is 0.493 e. The standard InChI is InChI=1S/C23H18Cl2N2O2/c1-28-19-12-9-15(13-20(19)29-2)21-22(17-5-3-4-6-18(17)25)27-23(26-21)14-7-10-16(24)11-8-14/h3-13H,1-2H3,(H,26,27). The Morgan fingerprint density at radius 3 is 2.17 bits per heavy atom. The van der Waals surface area contributed by atoms with Gasteiger partial charge in [0.2, 0.25) is 0 Å². The van der Waals surface area contributed by atoms with Crippen LogP contribution in [-0.2, 0) is 0 Å². The van der Waals surface area contributed by atoms with E-state index in [-0.39, 0.29) is 0 Å². The third kappa shape index (κ3) is 3.82. The van der Waals surface area contributed by atoms with Crippen LogP contribution in [0.2, 0.25) is 10.0 Å². The van der Waals surface area contributed by atoms with Crippen LogP contribution >= 0.6 is 23.2 Å². The van der Waals surface area contributed by atoms with Gasteiger partial charge in [-0.2, -0.15) is 0 Å². The van der Waals surface area contributed by atoms with Gasteiger partial charge in [-0.25, -0.2) is 4.98 Å². The number of rotatable bonds is 5. The minimum atomic E-state index is 0.631. The number of methoxy groups -OCH3 is 2. The number of hydrogen-bond acceptors (Lipinski definition) is 3. The fourth-order valence-electron chi connectivity index (χ4n) is 3.17. The summed E-state index contributed by atoms with van der Waals surface area (Å²) in [7, 11) is 3.22. The van der Waals surface area contributed by atoms with Crippen LogP contribution in [0.3, 0.4) is 0 Å². The summed E-state index contributed by atoms with van der Waals surface area (Å²) in [4.78, 5) is 8.30. The molecule has 0 bridgehead atoms. The molecule has 0 spiro atoms. The van der Waals surface area contributed by atoms with Crippen molar-refractivity contribution in [3.63, 3.8) is 0 Å². The maximum absolute atomic E-state index is 6.49. The summed E-state index contributed by atoms with van der Waals surface area (Å²) in [5, 5.41) is 1.31. The number of benzene rings is 3. The number of nitrogens with one attached hydrogen (secondary N) is 1. The first-order valence-corrected chi connectivity index (χ1v) is 9.69. The van der Waals surface area contributed by atoms with Gasteiger partial charge in [-0.3, -0.25) is 0 Å². The second-order valence-electron chi connectivity index (χ2n) is 6.37. The summed E-state index contributed by atoms with van der Waals surface area (Å²) < 4.78 is 10.8. The van der Waals surface area contributed by atoms with E-state index >= 15 is 0 Å². The zero-order chi connectivity index (χ0) is 20.4. The van der Waals surface area contributed by atoms with Gasteiger partial charge in [-0.05, 0) is 48.5 Å². The van der Waals surface area contributed by atoms with Crippen LogP contribution in [0.1, 0.15) is 0 Å². The van der Waals surface area contributed by atoms with Gasteiger partial charge in [-0.15, -0.1) is 0 Å². The minimum Gasteiger partial charge on any atom is -0.493 e. The number of aromatic nitrogens is 2. The molecule has 1 N–H and O–H groups in total. The molecule has 0 amide bonds. The van der Waals surface area contributed by atoms with Gasteiger partial charge in [0.05, 0.1) is 25.6 Å². The predicted molar refractivity (Wildman–Crippen MR) is 118 cm³/mol. The van der Waals surface area contributed by atoms with Gasteiger partial charge < -0.3 is 14.5 Å². The van der Waals surface area contributed by atoms with Gasteiger partial charge >= 0.3 is 0 Å². The summed E-state index contributed by atoms with van der Waals surface area (Å²) in [6.07, 6.45) is 0.